The van der Waals surface area contributed by atoms with Gasteiger partial charge >= 0.3 is 89.5 Å². The number of ketones is 1. The molecule has 0 amide bonds. The quantitative estimate of drug-likeness (QED) is 0.00906. The Morgan fingerprint density at radius 1 is 0.360 bits per heavy atom. The molecule has 6 aromatic rings. The lowest BCUT2D eigenvalue weighted by Gasteiger charge is -2.56. The lowest BCUT2D eigenvalue weighted by molar-refractivity contribution is -0.188. The third kappa shape index (κ3) is 27.9. The number of hydrogen-bond acceptors (Lipinski definition) is 30. The Hall–Kier alpha value is -13.8. The lowest BCUT2D eigenvalue weighted by Crippen LogP contribution is -2.65. The van der Waals surface area contributed by atoms with Gasteiger partial charge in [-0.2, -0.15) is 0 Å². The SMILES string of the molecule is CC(C)Cc1ccc(C(C)C(=O)OC(C(=O)O)C(OC(=O)C(C)c2ccc(CC(C)C)cc2)C(=O)O)cc1.CN1CCC23c4c5ccc(OC(=O)CCCC(=O)O)c4O[C@H]2[C@@H](OC(=O)CCCC(=O)O)C=C[C@H]3C1C5.COC(=O)CCCC(=O)O[C@H]1C=C[C@H]2C3Cc4ccc(OC(=O)CCCC(=O)OC(=O)C(OC(=O)C(C)c5ccc(CC(C)C)cc5)C(OC(=O)C(C)c5ccc(CC(C)C)cc5)C(C)=O)c5c4C2(CCN3C)[C@H]1O5. The molecule has 4 bridgehead atoms. The fraction of sp³-hybridized carbons (Fsp3) is 0.517. The summed E-state index contributed by atoms with van der Waals surface area (Å²) in [6.45, 7) is 25.6. The standard InChI is InChI=1S/C59H71NO15.C30H38O8.C27H31NO9/c1-33(2)30-38-16-20-40(21-17-38)35(5)56(66)74-52(37(7)61)54(75-57(67)36(6)41-22-18-39(19-23-41)31-34(3)4)58(68)72-50(65)15-11-14-48(63)70-45-26-24-42-32-44-43-25-27-46(71-49(64)13-10-12-47(62)69-9)55-59(43,28-29-60(44)8)51(42)53(45)73-55;1-17(2)15-21-7-11-23(12-8-21)19(5)29(35)37-25(27(31)32)26(28(33)34)38-30(36)20(6)24-13-9-22(10-14-24)16-18(3)4;1-28-13-12-27-16-9-11-19(36-23(34)7-3-5-21(31)32)26(27)37-25-18(35-22(33)6-2-4-20(29)30)10-8-15(24(25)27)14-17(16)28/h16-27,33-36,43-44,46,52,54-55H,10-15,28-32H2,1-9H3;7-14,17-20,25-26H,15-16H2,1-6H3,(H,31,32)(H,33,34);8-11,16-17,19,26H,2-7,12-14H2,1H3,(H,29,30)(H,31,32)/t35?,36?,43-,44?,46-,52?,54?,55-,59?;;16-,17?,19-,26-,27?/m0.0/s1. The van der Waals surface area contributed by atoms with Crippen molar-refractivity contribution < 1.29 is 154 Å². The molecule has 0 saturated carbocycles. The van der Waals surface area contributed by atoms with Crippen molar-refractivity contribution in [3.05, 3.63) is 212 Å². The minimum absolute atomic E-state index is 0.00254. The highest BCUT2D eigenvalue weighted by Gasteiger charge is 2.67. The number of carbonyl (C=O) groups excluding carboxylic acids is 12. The summed E-state index contributed by atoms with van der Waals surface area (Å²) in [5, 5.41) is 37.0. The van der Waals surface area contributed by atoms with Gasteiger partial charge in [0.15, 0.2) is 41.0 Å². The van der Waals surface area contributed by atoms with Crippen molar-refractivity contribution in [3.8, 4) is 23.0 Å². The van der Waals surface area contributed by atoms with Crippen molar-refractivity contribution in [2.45, 2.75) is 314 Å². The first-order valence-corrected chi connectivity index (χ1v) is 51.8. The maximum absolute atomic E-state index is 13.9. The number of nitrogens with zero attached hydrogens (tertiary/aromatic N) is 2. The van der Waals surface area contributed by atoms with Crippen LogP contribution in [0.15, 0.2) is 146 Å². The minimum atomic E-state index is -2.22. The molecule has 806 valence electrons. The van der Waals surface area contributed by atoms with Crippen molar-refractivity contribution in [1.29, 1.82) is 0 Å². The van der Waals surface area contributed by atoms with E-state index in [0.717, 1.165) is 109 Å². The molecule has 12 unspecified atom stereocenters. The van der Waals surface area contributed by atoms with E-state index >= 15 is 0 Å². The third-order valence-corrected chi connectivity index (χ3v) is 29.3. The number of carboxylic acid groups (broad SMARTS) is 4. The first-order chi connectivity index (χ1) is 71.2. The number of rotatable bonds is 46. The highest BCUT2D eigenvalue weighted by Crippen LogP contribution is 2.65. The van der Waals surface area contributed by atoms with Crippen LogP contribution in [0.4, 0.5) is 0 Å². The average Bonchev–Trinajstić information content (AvgIpc) is 1.51. The number of likely N-dealkylation sites (N-methyl/N-ethyl adjacent to an activating group) is 2. The van der Waals surface area contributed by atoms with E-state index in [1.165, 1.54) is 21.0 Å². The van der Waals surface area contributed by atoms with Gasteiger partial charge in [0, 0.05) is 97.2 Å². The van der Waals surface area contributed by atoms with Gasteiger partial charge < -0.3 is 87.1 Å². The molecule has 2 spiro atoms. The van der Waals surface area contributed by atoms with E-state index in [2.05, 4.69) is 91.4 Å². The van der Waals surface area contributed by atoms with Crippen LogP contribution in [0, 0.1) is 35.5 Å². The van der Waals surface area contributed by atoms with E-state index in [9.17, 15) is 86.9 Å². The zero-order chi connectivity index (χ0) is 109. The second-order valence-corrected chi connectivity index (χ2v) is 42.2. The van der Waals surface area contributed by atoms with Crippen molar-refractivity contribution >= 4 is 95.3 Å². The van der Waals surface area contributed by atoms with Gasteiger partial charge in [-0.1, -0.05) is 177 Å². The number of carbonyl (C=O) groups is 16. The van der Waals surface area contributed by atoms with Gasteiger partial charge in [-0.15, -0.1) is 0 Å². The molecule has 150 heavy (non-hydrogen) atoms. The van der Waals surface area contributed by atoms with Crippen molar-refractivity contribution in [2.75, 3.05) is 34.3 Å². The molecule has 6 aromatic carbocycles. The smallest absolute Gasteiger partial charge is 0.359 e. The van der Waals surface area contributed by atoms with Gasteiger partial charge in [-0.3, -0.25) is 62.3 Å². The fourth-order valence-electron chi connectivity index (χ4n) is 21.6. The molecular weight excluding hydrogens is 1930 g/mol. The molecule has 34 heteroatoms. The summed E-state index contributed by atoms with van der Waals surface area (Å²) < 4.78 is 68.0. The maximum Gasteiger partial charge on any atom is 0.359 e. The zero-order valence-corrected chi connectivity index (χ0v) is 88.1. The van der Waals surface area contributed by atoms with Crippen molar-refractivity contribution in [1.82, 2.24) is 9.80 Å². The number of hydrogen-bond donors (Lipinski definition) is 4. The molecule has 34 nitrogen and oxygen atoms in total. The normalized spacial score (nSPS) is 21.5. The maximum atomic E-state index is 13.9. The number of benzene rings is 6. The van der Waals surface area contributed by atoms with Crippen LogP contribution in [-0.2, 0) is 164 Å². The Bertz CT molecular complexity index is 5910. The Labute approximate surface area is 873 Å². The number of piperidine rings is 2. The molecule has 0 aromatic heterocycles. The fourth-order valence-corrected chi connectivity index (χ4v) is 21.6. The Balaban J connectivity index is 0.000000222. The monoisotopic (exact) mass is 2070 g/mol. The van der Waals surface area contributed by atoms with Crippen LogP contribution in [0.25, 0.3) is 0 Å². The van der Waals surface area contributed by atoms with Gasteiger partial charge in [0.1, 0.15) is 12.2 Å². The zero-order valence-electron chi connectivity index (χ0n) is 88.1. The highest BCUT2D eigenvalue weighted by atomic mass is 16.6. The first kappa shape index (κ1) is 115. The Morgan fingerprint density at radius 3 is 0.967 bits per heavy atom. The van der Waals surface area contributed by atoms with E-state index in [0.29, 0.717) is 69.6 Å². The number of esters is 11. The molecule has 0 radical (unpaired) electrons. The summed E-state index contributed by atoms with van der Waals surface area (Å²) >= 11 is 0. The second kappa shape index (κ2) is 51.2. The van der Waals surface area contributed by atoms with Crippen LogP contribution in [-0.4, -0.2) is 221 Å². The van der Waals surface area contributed by atoms with Crippen molar-refractivity contribution in [2.24, 2.45) is 35.5 Å². The van der Waals surface area contributed by atoms with Crippen LogP contribution < -0.4 is 18.9 Å². The summed E-state index contributed by atoms with van der Waals surface area (Å²) in [6.07, 6.45) is 2.96. The third-order valence-electron chi connectivity index (χ3n) is 29.3. The molecule has 14 rings (SSSR count). The summed E-state index contributed by atoms with van der Waals surface area (Å²) in [6, 6.07) is 37.0. The van der Waals surface area contributed by atoms with Crippen LogP contribution in [0.5, 0.6) is 23.0 Å². The van der Waals surface area contributed by atoms with Gasteiger partial charge in [0.05, 0.1) is 30.8 Å². The van der Waals surface area contributed by atoms with Gasteiger partial charge in [-0.25, -0.2) is 14.4 Å². The van der Waals surface area contributed by atoms with Crippen LogP contribution in [0.3, 0.4) is 0 Å². The minimum Gasteiger partial charge on any atom is -0.481 e. The van der Waals surface area contributed by atoms with Gasteiger partial charge in [-0.05, 0) is 242 Å². The Kier molecular flexibility index (Phi) is 39.2. The molecule has 4 aliphatic carbocycles. The number of aliphatic carboxylic acids is 4. The lowest BCUT2D eigenvalue weighted by atomic mass is 9.53. The number of carboxylic acids is 4. The van der Waals surface area contributed by atoms with E-state index < -0.39 is 185 Å². The number of Topliss-reactive ketones (excluding diaryl/α,β-unsaturated/α-hetero) is 1. The number of likely N-dealkylation sites (tertiary alicyclic amines) is 2. The largest absolute Gasteiger partial charge is 0.481 e. The predicted octanol–water partition coefficient (Wildman–Crippen LogP) is 15.4. The predicted molar refractivity (Wildman–Crippen MR) is 544 cm³/mol. The highest BCUT2D eigenvalue weighted by molar-refractivity contribution is 5.97. The average molecular weight is 2070 g/mol. The molecular formula is C116H140N2O32. The molecule has 4 N–H and O–H groups in total. The number of methoxy groups -OCH3 is 1. The summed E-state index contributed by atoms with van der Waals surface area (Å²) in [5.74, 6) is -15.3. The second-order valence-electron chi connectivity index (χ2n) is 42.2. The van der Waals surface area contributed by atoms with Gasteiger partial charge in [0.2, 0.25) is 24.4 Å². The van der Waals surface area contributed by atoms with E-state index in [4.69, 9.17) is 67.1 Å². The van der Waals surface area contributed by atoms with Crippen molar-refractivity contribution in [3.63, 3.8) is 0 Å². The van der Waals surface area contributed by atoms with E-state index in [1.54, 1.807) is 74.5 Å². The summed E-state index contributed by atoms with van der Waals surface area (Å²) in [7, 11) is 5.50. The molecule has 2 saturated heterocycles. The first-order valence-electron chi connectivity index (χ1n) is 51.8. The Morgan fingerprint density at radius 2 is 0.660 bits per heavy atom. The van der Waals surface area contributed by atoms with Crippen LogP contribution >= 0.6 is 0 Å². The van der Waals surface area contributed by atoms with Crippen LogP contribution in [0.1, 0.15) is 270 Å². The topological polar surface area (TPSA) is 471 Å². The molecule has 8 aliphatic rings. The summed E-state index contributed by atoms with van der Waals surface area (Å²) in [4.78, 5) is 207. The molecule has 4 heterocycles. The van der Waals surface area contributed by atoms with E-state index in [1.807, 2.05) is 72.8 Å². The van der Waals surface area contributed by atoms with Gasteiger partial charge in [0.25, 0.3) is 0 Å². The summed E-state index contributed by atoms with van der Waals surface area (Å²) in [5.41, 5.74) is 9.76. The molecule has 18 atom stereocenters. The molecule has 4 aliphatic heterocycles. The van der Waals surface area contributed by atoms with E-state index in [-0.39, 0.29) is 100 Å². The number of ether oxygens (including phenoxy) is 12. The molecule has 2 fully saturated rings. The van der Waals surface area contributed by atoms with Crippen LogP contribution in [0.2, 0.25) is 0 Å².